The number of nitrogens with zero attached hydrogens (tertiary/aromatic N) is 2. The predicted octanol–water partition coefficient (Wildman–Crippen LogP) is 6.93. The first-order chi connectivity index (χ1) is 19.6. The molecule has 1 aliphatic heterocycles. The van der Waals surface area contributed by atoms with Crippen LogP contribution in [0.3, 0.4) is 0 Å². The Morgan fingerprint density at radius 3 is 2.45 bits per heavy atom. The van der Waals surface area contributed by atoms with Crippen LogP contribution < -0.4 is 5.32 Å². The third-order valence-electron chi connectivity index (χ3n) is 7.61. The first kappa shape index (κ1) is 33.5. The van der Waals surface area contributed by atoms with E-state index in [1.807, 2.05) is 51.1 Å². The molecule has 0 unspecified atom stereocenters. The van der Waals surface area contributed by atoms with E-state index in [4.69, 9.17) is 18.6 Å². The Hall–Kier alpha value is -3.02. The average Bonchev–Trinajstić information content (AvgIpc) is 2.89. The van der Waals surface area contributed by atoms with E-state index < -0.39 is 31.9 Å². The van der Waals surface area contributed by atoms with E-state index in [2.05, 4.69) is 44.2 Å². The van der Waals surface area contributed by atoms with Gasteiger partial charge in [0.05, 0.1) is 50.0 Å². The van der Waals surface area contributed by atoms with E-state index in [-0.39, 0.29) is 54.6 Å². The van der Waals surface area contributed by atoms with Gasteiger partial charge in [-0.05, 0) is 57.3 Å². The number of pyridine rings is 1. The molecule has 2 amide bonds. The number of hydrogen-bond acceptors (Lipinski definition) is 7. The highest BCUT2D eigenvalue weighted by molar-refractivity contribution is 6.74. The van der Waals surface area contributed by atoms with Gasteiger partial charge in [-0.25, -0.2) is 14.0 Å². The van der Waals surface area contributed by atoms with Crippen LogP contribution in [-0.4, -0.2) is 67.9 Å². The van der Waals surface area contributed by atoms with E-state index in [0.717, 1.165) is 11.8 Å². The molecule has 1 saturated heterocycles. The minimum absolute atomic E-state index is 0.0239. The highest BCUT2D eigenvalue weighted by Crippen LogP contribution is 2.37. The highest BCUT2D eigenvalue weighted by atomic mass is 28.4. The normalized spacial score (nSPS) is 18.0. The van der Waals surface area contributed by atoms with Gasteiger partial charge >= 0.3 is 12.2 Å². The van der Waals surface area contributed by atoms with Crippen LogP contribution in [0.2, 0.25) is 18.1 Å². The van der Waals surface area contributed by atoms with Crippen molar-refractivity contribution in [3.05, 3.63) is 59.7 Å². The van der Waals surface area contributed by atoms with Crippen molar-refractivity contribution in [3.8, 4) is 0 Å². The molecule has 232 valence electrons. The number of morpholine rings is 1. The number of carbonyl (C=O) groups excluding carboxylic acids is 2. The van der Waals surface area contributed by atoms with Crippen LogP contribution >= 0.6 is 0 Å². The molecular formula is C31H46FN3O6Si. The van der Waals surface area contributed by atoms with Crippen molar-refractivity contribution >= 4 is 26.2 Å². The van der Waals surface area contributed by atoms with Crippen LogP contribution in [0.25, 0.3) is 0 Å². The molecule has 42 heavy (non-hydrogen) atoms. The fraction of sp³-hybridized carbons (Fsp3) is 0.581. The van der Waals surface area contributed by atoms with Crippen molar-refractivity contribution < 1.29 is 32.6 Å². The van der Waals surface area contributed by atoms with Gasteiger partial charge in [0.2, 0.25) is 0 Å². The Kier molecular flexibility index (Phi) is 11.1. The number of carbonyl (C=O) groups is 2. The monoisotopic (exact) mass is 603 g/mol. The maximum absolute atomic E-state index is 14.9. The zero-order valence-corrected chi connectivity index (χ0v) is 27.2. The van der Waals surface area contributed by atoms with Crippen LogP contribution in [0.4, 0.5) is 19.7 Å². The van der Waals surface area contributed by atoms with E-state index in [1.165, 1.54) is 6.20 Å². The molecule has 11 heteroatoms. The molecule has 2 atom stereocenters. The number of ether oxygens (including phenoxy) is 3. The van der Waals surface area contributed by atoms with Gasteiger partial charge in [-0.3, -0.25) is 15.2 Å². The van der Waals surface area contributed by atoms with Crippen molar-refractivity contribution in [2.75, 3.05) is 25.1 Å². The predicted molar refractivity (Wildman–Crippen MR) is 162 cm³/mol. The van der Waals surface area contributed by atoms with Crippen LogP contribution in [0.15, 0.2) is 42.7 Å². The Morgan fingerprint density at radius 1 is 1.12 bits per heavy atom. The van der Waals surface area contributed by atoms with Crippen molar-refractivity contribution in [3.63, 3.8) is 0 Å². The molecule has 2 heterocycles. The van der Waals surface area contributed by atoms with Crippen molar-refractivity contribution in [1.29, 1.82) is 0 Å². The maximum Gasteiger partial charge on any atom is 0.412 e. The molecule has 1 aromatic heterocycles. The quantitative estimate of drug-likeness (QED) is 0.310. The Bertz CT molecular complexity index is 1200. The summed E-state index contributed by atoms with van der Waals surface area (Å²) in [6, 6.07) is 8.96. The first-order valence-corrected chi connectivity index (χ1v) is 17.3. The lowest BCUT2D eigenvalue weighted by molar-refractivity contribution is -0.0809. The second-order valence-electron chi connectivity index (χ2n) is 13.2. The summed E-state index contributed by atoms with van der Waals surface area (Å²) in [5, 5.41) is 2.63. The van der Waals surface area contributed by atoms with Gasteiger partial charge in [-0.2, -0.15) is 0 Å². The topological polar surface area (TPSA) is 99.2 Å². The van der Waals surface area contributed by atoms with E-state index in [1.54, 1.807) is 4.90 Å². The van der Waals surface area contributed by atoms with E-state index in [9.17, 15) is 14.0 Å². The largest absolute Gasteiger partial charge is 0.444 e. The lowest BCUT2D eigenvalue weighted by Crippen LogP contribution is -2.56. The fourth-order valence-electron chi connectivity index (χ4n) is 4.13. The highest BCUT2D eigenvalue weighted by Gasteiger charge is 2.40. The lowest BCUT2D eigenvalue weighted by Gasteiger charge is -2.43. The van der Waals surface area contributed by atoms with Gasteiger partial charge in [0, 0.05) is 5.56 Å². The Morgan fingerprint density at radius 2 is 1.81 bits per heavy atom. The van der Waals surface area contributed by atoms with Gasteiger partial charge in [-0.1, -0.05) is 51.1 Å². The van der Waals surface area contributed by atoms with Gasteiger partial charge in [0.15, 0.2) is 8.32 Å². The van der Waals surface area contributed by atoms with Crippen LogP contribution in [0.1, 0.15) is 59.1 Å². The zero-order valence-electron chi connectivity index (χ0n) is 26.2. The SMILES string of the molecule is CC(C)(C)OC(=O)N1C[C@@H](CCc2c(F)cncc2NC(=O)OCc2ccccc2)OC[C@H]1CO[Si](C)(C)C(C)(C)C. The molecule has 0 bridgehead atoms. The molecule has 3 rings (SSSR count). The van der Waals surface area contributed by atoms with Crippen LogP contribution in [-0.2, 0) is 31.7 Å². The summed E-state index contributed by atoms with van der Waals surface area (Å²) in [5.74, 6) is -0.545. The molecule has 0 radical (unpaired) electrons. The first-order valence-electron chi connectivity index (χ1n) is 14.4. The summed E-state index contributed by atoms with van der Waals surface area (Å²) < 4.78 is 38.5. The summed E-state index contributed by atoms with van der Waals surface area (Å²) in [6.07, 6.45) is 1.65. The average molecular weight is 604 g/mol. The standard InChI is InChI=1S/C31H46FN3O6Si/c1-30(2,3)41-29(37)35-18-24(38-20-23(35)21-40-42(7,8)31(4,5)6)14-15-25-26(32)16-33-17-27(25)34-28(36)39-19-22-12-10-9-11-13-22/h9-13,16-17,23-24H,14-15,18-21H2,1-8H3,(H,34,36)/t23-,24+/m0/s1. The molecule has 1 fully saturated rings. The molecule has 1 aliphatic rings. The van der Waals surface area contributed by atoms with E-state index >= 15 is 0 Å². The number of amides is 2. The van der Waals surface area contributed by atoms with E-state index in [0.29, 0.717) is 13.0 Å². The molecule has 1 N–H and O–H groups in total. The van der Waals surface area contributed by atoms with Crippen molar-refractivity contribution in [1.82, 2.24) is 9.88 Å². The Labute approximate surface area is 250 Å². The minimum Gasteiger partial charge on any atom is -0.444 e. The van der Waals surface area contributed by atoms with Crippen LogP contribution in [0, 0.1) is 5.82 Å². The van der Waals surface area contributed by atoms with Crippen LogP contribution in [0.5, 0.6) is 0 Å². The third kappa shape index (κ3) is 9.77. The minimum atomic E-state index is -2.05. The number of halogens is 1. The zero-order chi connectivity index (χ0) is 31.1. The maximum atomic E-state index is 14.9. The molecule has 2 aromatic rings. The smallest absolute Gasteiger partial charge is 0.412 e. The second kappa shape index (κ2) is 14.0. The number of nitrogens with one attached hydrogen (secondary N) is 1. The summed E-state index contributed by atoms with van der Waals surface area (Å²) in [7, 11) is -2.05. The Balaban J connectivity index is 1.66. The third-order valence-corrected chi connectivity index (χ3v) is 12.1. The molecular weight excluding hydrogens is 557 g/mol. The van der Waals surface area contributed by atoms with Crippen molar-refractivity contribution in [2.24, 2.45) is 0 Å². The molecule has 1 aromatic carbocycles. The van der Waals surface area contributed by atoms with Gasteiger partial charge < -0.3 is 18.6 Å². The van der Waals surface area contributed by atoms with Gasteiger partial charge in [0.25, 0.3) is 0 Å². The number of benzene rings is 1. The lowest BCUT2D eigenvalue weighted by atomic mass is 10.0. The number of hydrogen-bond donors (Lipinski definition) is 1. The van der Waals surface area contributed by atoms with Gasteiger partial charge in [0.1, 0.15) is 18.0 Å². The summed E-state index contributed by atoms with van der Waals surface area (Å²) in [4.78, 5) is 31.2. The molecule has 0 spiro atoms. The summed E-state index contributed by atoms with van der Waals surface area (Å²) in [6.45, 7) is 17.3. The summed E-state index contributed by atoms with van der Waals surface area (Å²) >= 11 is 0. The van der Waals surface area contributed by atoms with Gasteiger partial charge in [-0.15, -0.1) is 0 Å². The molecule has 9 nitrogen and oxygen atoms in total. The molecule has 0 saturated carbocycles. The fourth-order valence-corrected chi connectivity index (χ4v) is 5.18. The molecule has 0 aliphatic carbocycles. The number of anilines is 1. The summed E-state index contributed by atoms with van der Waals surface area (Å²) in [5.41, 5.74) is 0.694. The second-order valence-corrected chi connectivity index (χ2v) is 18.0. The number of aromatic nitrogens is 1. The van der Waals surface area contributed by atoms with Crippen molar-refractivity contribution in [2.45, 2.75) is 96.9 Å². The number of rotatable bonds is 9.